The summed E-state index contributed by atoms with van der Waals surface area (Å²) >= 11 is 0. The first-order valence-corrected chi connectivity index (χ1v) is 7.19. The molecule has 0 saturated heterocycles. The summed E-state index contributed by atoms with van der Waals surface area (Å²) in [5, 5.41) is 6.62. The number of rotatable bonds is 6. The average molecular weight is 282 g/mol. The lowest BCUT2D eigenvalue weighted by molar-refractivity contribution is 0.411. The van der Waals surface area contributed by atoms with Gasteiger partial charge in [0.1, 0.15) is 17.0 Å². The molecule has 0 aliphatic rings. The zero-order valence-electron chi connectivity index (χ0n) is 10.3. The van der Waals surface area contributed by atoms with Gasteiger partial charge in [0, 0.05) is 18.8 Å². The van der Waals surface area contributed by atoms with Crippen molar-refractivity contribution in [3.05, 3.63) is 36.4 Å². The van der Waals surface area contributed by atoms with E-state index >= 15 is 0 Å². The molecule has 0 fully saturated rings. The molecule has 0 amide bonds. The standard InChI is InChI=1S/C11H14N4O3S/c1-2-12-11-4-3-10(8-13-11)19(16,17)14-7-9-5-6-18-15-9/h3-6,8,14H,2,7H2,1H3,(H,12,13). The molecule has 0 atom stereocenters. The number of nitrogens with zero attached hydrogens (tertiary/aromatic N) is 2. The molecule has 0 aliphatic heterocycles. The van der Waals surface area contributed by atoms with Crippen molar-refractivity contribution in [2.75, 3.05) is 11.9 Å². The zero-order valence-corrected chi connectivity index (χ0v) is 11.1. The van der Waals surface area contributed by atoms with Crippen LogP contribution in [0.1, 0.15) is 12.6 Å². The largest absolute Gasteiger partial charge is 0.370 e. The molecule has 0 unspecified atom stereocenters. The van der Waals surface area contributed by atoms with Crippen molar-refractivity contribution in [2.45, 2.75) is 18.4 Å². The summed E-state index contributed by atoms with van der Waals surface area (Å²) in [6, 6.07) is 4.71. The predicted molar refractivity (Wildman–Crippen MR) is 68.9 cm³/mol. The number of nitrogens with one attached hydrogen (secondary N) is 2. The third-order valence-corrected chi connectivity index (χ3v) is 3.73. The molecule has 19 heavy (non-hydrogen) atoms. The molecule has 102 valence electrons. The van der Waals surface area contributed by atoms with Gasteiger partial charge in [-0.1, -0.05) is 5.16 Å². The zero-order chi connectivity index (χ0) is 13.7. The molecule has 0 spiro atoms. The molecule has 2 N–H and O–H groups in total. The van der Waals surface area contributed by atoms with Crippen LogP contribution in [0.15, 0.2) is 40.1 Å². The second-order valence-electron chi connectivity index (χ2n) is 3.72. The van der Waals surface area contributed by atoms with Gasteiger partial charge in [-0.25, -0.2) is 18.1 Å². The van der Waals surface area contributed by atoms with Crippen molar-refractivity contribution < 1.29 is 12.9 Å². The lowest BCUT2D eigenvalue weighted by Gasteiger charge is -2.06. The predicted octanol–water partition coefficient (Wildman–Crippen LogP) is 0.980. The van der Waals surface area contributed by atoms with Crippen molar-refractivity contribution >= 4 is 15.8 Å². The summed E-state index contributed by atoms with van der Waals surface area (Å²) < 4.78 is 31.0. The number of pyridine rings is 1. The summed E-state index contributed by atoms with van der Waals surface area (Å²) in [4.78, 5) is 4.12. The monoisotopic (exact) mass is 282 g/mol. The summed E-state index contributed by atoms with van der Waals surface area (Å²) in [5.41, 5.74) is 0.515. The van der Waals surface area contributed by atoms with E-state index in [4.69, 9.17) is 0 Å². The van der Waals surface area contributed by atoms with E-state index in [9.17, 15) is 8.42 Å². The number of hydrogen-bond acceptors (Lipinski definition) is 6. The Labute approximate surface area is 111 Å². The van der Waals surface area contributed by atoms with E-state index in [2.05, 4.69) is 24.7 Å². The van der Waals surface area contributed by atoms with Gasteiger partial charge in [-0.3, -0.25) is 0 Å². The topological polar surface area (TPSA) is 97.1 Å². The second-order valence-corrected chi connectivity index (χ2v) is 5.49. The molecule has 7 nitrogen and oxygen atoms in total. The molecule has 0 aliphatic carbocycles. The molecule has 0 bridgehead atoms. The first-order chi connectivity index (χ1) is 9.12. The molecule has 8 heteroatoms. The van der Waals surface area contributed by atoms with Crippen LogP contribution in [0.5, 0.6) is 0 Å². The minimum Gasteiger partial charge on any atom is -0.370 e. The molecule has 2 aromatic rings. The van der Waals surface area contributed by atoms with E-state index in [-0.39, 0.29) is 11.4 Å². The van der Waals surface area contributed by atoms with Crippen molar-refractivity contribution in [1.29, 1.82) is 0 Å². The first kappa shape index (κ1) is 13.5. The molecular formula is C11H14N4O3S. The van der Waals surface area contributed by atoms with Crippen LogP contribution < -0.4 is 10.0 Å². The SMILES string of the molecule is CCNc1ccc(S(=O)(=O)NCc2ccon2)cn1. The smallest absolute Gasteiger partial charge is 0.242 e. The van der Waals surface area contributed by atoms with E-state index in [1.165, 1.54) is 18.5 Å². The average Bonchev–Trinajstić information content (AvgIpc) is 2.91. The number of sulfonamides is 1. The van der Waals surface area contributed by atoms with Gasteiger partial charge in [-0.2, -0.15) is 0 Å². The van der Waals surface area contributed by atoms with Gasteiger partial charge >= 0.3 is 0 Å². The van der Waals surface area contributed by atoms with Gasteiger partial charge in [0.2, 0.25) is 10.0 Å². The molecule has 0 saturated carbocycles. The quantitative estimate of drug-likeness (QED) is 0.819. The van der Waals surface area contributed by atoms with Crippen LogP contribution >= 0.6 is 0 Å². The van der Waals surface area contributed by atoms with Gasteiger partial charge in [0.15, 0.2) is 0 Å². The summed E-state index contributed by atoms with van der Waals surface area (Å²) in [6.07, 6.45) is 2.69. The van der Waals surface area contributed by atoms with Crippen molar-refractivity contribution in [1.82, 2.24) is 14.9 Å². The minimum absolute atomic E-state index is 0.0772. The molecule has 2 heterocycles. The third-order valence-electron chi connectivity index (χ3n) is 2.34. The maximum atomic E-state index is 12.0. The fourth-order valence-corrected chi connectivity index (χ4v) is 2.35. The van der Waals surface area contributed by atoms with Crippen LogP contribution in [0.3, 0.4) is 0 Å². The van der Waals surface area contributed by atoms with Crippen LogP contribution in [-0.4, -0.2) is 25.1 Å². The Kier molecular flexibility index (Phi) is 4.13. The third kappa shape index (κ3) is 3.52. The lowest BCUT2D eigenvalue weighted by atomic mass is 10.4. The Morgan fingerprint density at radius 2 is 2.16 bits per heavy atom. The molecule has 2 rings (SSSR count). The van der Waals surface area contributed by atoms with Crippen LogP contribution in [0.4, 0.5) is 5.82 Å². The van der Waals surface area contributed by atoms with Gasteiger partial charge in [-0.05, 0) is 19.1 Å². The second kappa shape index (κ2) is 5.81. The van der Waals surface area contributed by atoms with E-state index in [1.807, 2.05) is 6.92 Å². The van der Waals surface area contributed by atoms with E-state index < -0.39 is 10.0 Å². The Bertz CT molecular complexity index is 608. The maximum Gasteiger partial charge on any atom is 0.242 e. The summed E-state index contributed by atoms with van der Waals surface area (Å²) in [7, 11) is -3.59. The van der Waals surface area contributed by atoms with Crippen LogP contribution in [-0.2, 0) is 16.6 Å². The van der Waals surface area contributed by atoms with E-state index in [1.54, 1.807) is 12.1 Å². The first-order valence-electron chi connectivity index (χ1n) is 5.70. The highest BCUT2D eigenvalue weighted by Gasteiger charge is 2.14. The van der Waals surface area contributed by atoms with Crippen LogP contribution in [0.25, 0.3) is 0 Å². The lowest BCUT2D eigenvalue weighted by Crippen LogP contribution is -2.23. The molecule has 2 aromatic heterocycles. The number of anilines is 1. The highest BCUT2D eigenvalue weighted by molar-refractivity contribution is 7.89. The van der Waals surface area contributed by atoms with Gasteiger partial charge in [0.05, 0.1) is 12.2 Å². The van der Waals surface area contributed by atoms with Crippen molar-refractivity contribution in [3.8, 4) is 0 Å². The maximum absolute atomic E-state index is 12.0. The van der Waals surface area contributed by atoms with Crippen LogP contribution in [0, 0.1) is 0 Å². The minimum atomic E-state index is -3.59. The number of aromatic nitrogens is 2. The molecular weight excluding hydrogens is 268 g/mol. The summed E-state index contributed by atoms with van der Waals surface area (Å²) in [5.74, 6) is 0.637. The number of hydrogen-bond donors (Lipinski definition) is 2. The molecule has 0 radical (unpaired) electrons. The highest BCUT2D eigenvalue weighted by atomic mass is 32.2. The Hall–Kier alpha value is -1.93. The van der Waals surface area contributed by atoms with Crippen molar-refractivity contribution in [3.63, 3.8) is 0 Å². The van der Waals surface area contributed by atoms with Gasteiger partial charge in [0.25, 0.3) is 0 Å². The van der Waals surface area contributed by atoms with Crippen LogP contribution in [0.2, 0.25) is 0 Å². The Balaban J connectivity index is 2.06. The Morgan fingerprint density at radius 3 is 2.74 bits per heavy atom. The highest BCUT2D eigenvalue weighted by Crippen LogP contribution is 2.10. The van der Waals surface area contributed by atoms with E-state index in [0.717, 1.165) is 6.54 Å². The van der Waals surface area contributed by atoms with E-state index in [0.29, 0.717) is 11.5 Å². The fraction of sp³-hybridized carbons (Fsp3) is 0.273. The van der Waals surface area contributed by atoms with Gasteiger partial charge < -0.3 is 9.84 Å². The Morgan fingerprint density at radius 1 is 1.32 bits per heavy atom. The summed E-state index contributed by atoms with van der Waals surface area (Å²) in [6.45, 7) is 2.74. The van der Waals surface area contributed by atoms with Crippen molar-refractivity contribution in [2.24, 2.45) is 0 Å². The molecule has 0 aromatic carbocycles. The van der Waals surface area contributed by atoms with Gasteiger partial charge in [-0.15, -0.1) is 0 Å². The fourth-order valence-electron chi connectivity index (χ4n) is 1.41. The normalized spacial score (nSPS) is 11.4.